The first-order valence-electron chi connectivity index (χ1n) is 9.23. The number of halogens is 1. The number of hydrogen-bond donors (Lipinski definition) is 1. The van der Waals surface area contributed by atoms with E-state index in [2.05, 4.69) is 15.5 Å². The summed E-state index contributed by atoms with van der Waals surface area (Å²) in [6, 6.07) is 18.8. The molecule has 0 saturated carbocycles. The molecule has 0 amide bonds. The SMILES string of the molecule is CCOC(=O)c1ccc(Nc2cccc(-c3csc(-c4ccccc4Cl)n3)c2)nn1. The van der Waals surface area contributed by atoms with Gasteiger partial charge in [0.15, 0.2) is 11.5 Å². The molecule has 0 atom stereocenters. The minimum atomic E-state index is -0.489. The third-order valence-electron chi connectivity index (χ3n) is 4.19. The molecular formula is C22H17ClN4O2S. The smallest absolute Gasteiger partial charge is 0.358 e. The molecule has 0 aliphatic carbocycles. The highest BCUT2D eigenvalue weighted by atomic mass is 35.5. The molecule has 4 aromatic rings. The molecule has 0 radical (unpaired) electrons. The number of thiazole rings is 1. The zero-order chi connectivity index (χ0) is 20.9. The number of rotatable bonds is 6. The molecule has 0 aliphatic heterocycles. The zero-order valence-corrected chi connectivity index (χ0v) is 17.6. The highest BCUT2D eigenvalue weighted by Crippen LogP contribution is 2.33. The molecule has 4 rings (SSSR count). The van der Waals surface area contributed by atoms with E-state index in [4.69, 9.17) is 21.3 Å². The van der Waals surface area contributed by atoms with Crippen molar-refractivity contribution in [1.82, 2.24) is 15.2 Å². The van der Waals surface area contributed by atoms with Gasteiger partial charge in [-0.15, -0.1) is 21.5 Å². The molecule has 0 spiro atoms. The van der Waals surface area contributed by atoms with Crippen molar-refractivity contribution in [3.8, 4) is 21.8 Å². The zero-order valence-electron chi connectivity index (χ0n) is 16.0. The predicted molar refractivity (Wildman–Crippen MR) is 119 cm³/mol. The first-order chi connectivity index (χ1) is 14.6. The minimum absolute atomic E-state index is 0.172. The molecule has 1 N–H and O–H groups in total. The molecule has 2 heterocycles. The van der Waals surface area contributed by atoms with Crippen LogP contribution in [0.15, 0.2) is 66.0 Å². The van der Waals surface area contributed by atoms with Gasteiger partial charge in [-0.05, 0) is 37.3 Å². The van der Waals surface area contributed by atoms with Crippen molar-refractivity contribution in [2.24, 2.45) is 0 Å². The van der Waals surface area contributed by atoms with Crippen LogP contribution < -0.4 is 5.32 Å². The Hall–Kier alpha value is -3.29. The number of nitrogens with one attached hydrogen (secondary N) is 1. The van der Waals surface area contributed by atoms with Crippen molar-refractivity contribution in [2.45, 2.75) is 6.92 Å². The van der Waals surface area contributed by atoms with Crippen LogP contribution in [0, 0.1) is 0 Å². The van der Waals surface area contributed by atoms with E-state index in [1.54, 1.807) is 30.4 Å². The summed E-state index contributed by atoms with van der Waals surface area (Å²) in [5.41, 5.74) is 3.75. The van der Waals surface area contributed by atoms with Crippen molar-refractivity contribution in [1.29, 1.82) is 0 Å². The number of aromatic nitrogens is 3. The lowest BCUT2D eigenvalue weighted by Crippen LogP contribution is -2.08. The maximum atomic E-state index is 11.7. The highest BCUT2D eigenvalue weighted by molar-refractivity contribution is 7.13. The Morgan fingerprint density at radius 2 is 1.97 bits per heavy atom. The van der Waals surface area contributed by atoms with Gasteiger partial charge in [-0.1, -0.05) is 41.9 Å². The normalized spacial score (nSPS) is 10.6. The van der Waals surface area contributed by atoms with Gasteiger partial charge < -0.3 is 10.1 Å². The predicted octanol–water partition coefficient (Wildman–Crippen LogP) is 5.84. The number of hydrogen-bond acceptors (Lipinski definition) is 7. The first-order valence-corrected chi connectivity index (χ1v) is 10.5. The van der Waals surface area contributed by atoms with Gasteiger partial charge in [0, 0.05) is 22.2 Å². The Morgan fingerprint density at radius 3 is 2.73 bits per heavy atom. The largest absolute Gasteiger partial charge is 0.461 e. The first kappa shape index (κ1) is 20.0. The number of carbonyl (C=O) groups excluding carboxylic acids is 1. The van der Waals surface area contributed by atoms with E-state index in [9.17, 15) is 4.79 Å². The fraction of sp³-hybridized carbons (Fsp3) is 0.0909. The van der Waals surface area contributed by atoms with Gasteiger partial charge in [0.05, 0.1) is 17.3 Å². The Kier molecular flexibility index (Phi) is 6.02. The summed E-state index contributed by atoms with van der Waals surface area (Å²) < 4.78 is 4.92. The van der Waals surface area contributed by atoms with Crippen LogP contribution in [0.1, 0.15) is 17.4 Å². The molecule has 2 aromatic carbocycles. The Bertz CT molecular complexity index is 1180. The van der Waals surface area contributed by atoms with Crippen molar-refractivity contribution in [3.63, 3.8) is 0 Å². The Balaban J connectivity index is 1.52. The third kappa shape index (κ3) is 4.48. The van der Waals surface area contributed by atoms with E-state index in [0.29, 0.717) is 17.4 Å². The molecule has 6 nitrogen and oxygen atoms in total. The van der Waals surface area contributed by atoms with Crippen LogP contribution in [0.2, 0.25) is 5.02 Å². The molecule has 2 aromatic heterocycles. The molecule has 150 valence electrons. The molecular weight excluding hydrogens is 420 g/mol. The summed E-state index contributed by atoms with van der Waals surface area (Å²) in [4.78, 5) is 16.4. The molecule has 0 unspecified atom stereocenters. The van der Waals surface area contributed by atoms with Crippen LogP contribution in [0.4, 0.5) is 11.5 Å². The topological polar surface area (TPSA) is 77.0 Å². The Morgan fingerprint density at radius 1 is 1.10 bits per heavy atom. The van der Waals surface area contributed by atoms with Gasteiger partial charge in [-0.2, -0.15) is 0 Å². The maximum Gasteiger partial charge on any atom is 0.358 e. The second kappa shape index (κ2) is 9.02. The van der Waals surface area contributed by atoms with Crippen LogP contribution in [-0.2, 0) is 4.74 Å². The van der Waals surface area contributed by atoms with Crippen LogP contribution in [0.3, 0.4) is 0 Å². The maximum absolute atomic E-state index is 11.7. The van der Waals surface area contributed by atoms with Gasteiger partial charge in [0.25, 0.3) is 0 Å². The quantitative estimate of drug-likeness (QED) is 0.382. The standard InChI is InChI=1S/C22H17ClN4O2S/c1-2-29-22(28)18-10-11-20(27-26-18)24-15-7-5-6-14(12-15)19-13-30-21(25-19)16-8-3-4-9-17(16)23/h3-13H,2H2,1H3,(H,24,27). The number of nitrogens with zero attached hydrogens (tertiary/aromatic N) is 3. The van der Waals surface area contributed by atoms with Gasteiger partial charge in [0.2, 0.25) is 0 Å². The summed E-state index contributed by atoms with van der Waals surface area (Å²) in [5.74, 6) is 0.0339. The van der Waals surface area contributed by atoms with E-state index in [1.807, 2.05) is 53.9 Å². The molecule has 30 heavy (non-hydrogen) atoms. The number of esters is 1. The molecule has 0 aliphatic rings. The van der Waals surface area contributed by atoms with Crippen LogP contribution in [0.25, 0.3) is 21.8 Å². The van der Waals surface area contributed by atoms with E-state index in [-0.39, 0.29) is 5.69 Å². The van der Waals surface area contributed by atoms with Gasteiger partial charge in [-0.3, -0.25) is 0 Å². The number of benzene rings is 2. The summed E-state index contributed by atoms with van der Waals surface area (Å²) >= 11 is 7.84. The monoisotopic (exact) mass is 436 g/mol. The van der Waals surface area contributed by atoms with Crippen molar-refractivity contribution >= 4 is 40.4 Å². The van der Waals surface area contributed by atoms with Crippen molar-refractivity contribution < 1.29 is 9.53 Å². The summed E-state index contributed by atoms with van der Waals surface area (Å²) in [5, 5.41) is 14.7. The second-order valence-corrected chi connectivity index (χ2v) is 7.51. The van der Waals surface area contributed by atoms with E-state index in [0.717, 1.165) is 27.5 Å². The lowest BCUT2D eigenvalue weighted by molar-refractivity contribution is 0.0518. The van der Waals surface area contributed by atoms with E-state index in [1.165, 1.54) is 0 Å². The second-order valence-electron chi connectivity index (χ2n) is 6.25. The number of anilines is 2. The average Bonchev–Trinajstić information content (AvgIpc) is 3.25. The summed E-state index contributed by atoms with van der Waals surface area (Å²) in [6.07, 6.45) is 0. The lowest BCUT2D eigenvalue weighted by atomic mass is 10.1. The minimum Gasteiger partial charge on any atom is -0.461 e. The van der Waals surface area contributed by atoms with Gasteiger partial charge in [0.1, 0.15) is 5.01 Å². The van der Waals surface area contributed by atoms with Crippen molar-refractivity contribution in [2.75, 3.05) is 11.9 Å². The van der Waals surface area contributed by atoms with Gasteiger partial charge in [-0.25, -0.2) is 9.78 Å². The van der Waals surface area contributed by atoms with Gasteiger partial charge >= 0.3 is 5.97 Å². The molecule has 8 heteroatoms. The fourth-order valence-electron chi connectivity index (χ4n) is 2.78. The van der Waals surface area contributed by atoms with E-state index >= 15 is 0 Å². The number of carbonyl (C=O) groups is 1. The van der Waals surface area contributed by atoms with Crippen LogP contribution in [0.5, 0.6) is 0 Å². The fourth-order valence-corrected chi connectivity index (χ4v) is 3.93. The molecule has 0 fully saturated rings. The molecule has 0 saturated heterocycles. The Labute approximate surface area is 182 Å². The van der Waals surface area contributed by atoms with E-state index < -0.39 is 5.97 Å². The average molecular weight is 437 g/mol. The van der Waals surface area contributed by atoms with Crippen LogP contribution in [-0.4, -0.2) is 27.8 Å². The van der Waals surface area contributed by atoms with Crippen LogP contribution >= 0.6 is 22.9 Å². The number of ether oxygens (including phenoxy) is 1. The highest BCUT2D eigenvalue weighted by Gasteiger charge is 2.11. The molecule has 0 bridgehead atoms. The summed E-state index contributed by atoms with van der Waals surface area (Å²) in [6.45, 7) is 2.04. The third-order valence-corrected chi connectivity index (χ3v) is 5.39. The summed E-state index contributed by atoms with van der Waals surface area (Å²) in [7, 11) is 0. The van der Waals surface area contributed by atoms with Crippen molar-refractivity contribution in [3.05, 3.63) is 76.8 Å². The lowest BCUT2D eigenvalue weighted by Gasteiger charge is -2.07.